The minimum Gasteiger partial charge on any atom is -0.497 e. The zero-order chi connectivity index (χ0) is 17.1. The summed E-state index contributed by atoms with van der Waals surface area (Å²) in [5.41, 5.74) is 0.691. The number of rotatable bonds is 3. The average molecular weight is 348 g/mol. The average Bonchev–Trinajstić information content (AvgIpc) is 2.62. The molecule has 1 fully saturated rings. The third-order valence-electron chi connectivity index (χ3n) is 4.11. The zero-order valence-corrected chi connectivity index (χ0v) is 14.6. The predicted octanol–water partition coefficient (Wildman–Crippen LogP) is 2.55. The van der Waals surface area contributed by atoms with E-state index in [0.29, 0.717) is 49.6 Å². The van der Waals surface area contributed by atoms with Gasteiger partial charge < -0.3 is 19.3 Å². The van der Waals surface area contributed by atoms with Gasteiger partial charge in [-0.15, -0.1) is 11.3 Å². The van der Waals surface area contributed by atoms with E-state index in [0.717, 1.165) is 4.70 Å². The number of hydrogen-bond acceptors (Lipinski definition) is 6. The molecule has 0 unspecified atom stereocenters. The summed E-state index contributed by atoms with van der Waals surface area (Å²) in [6.45, 7) is 4.52. The molecule has 1 aromatic heterocycles. The smallest absolute Gasteiger partial charge is 0.409 e. The Balaban J connectivity index is 1.82. The third kappa shape index (κ3) is 3.17. The Morgan fingerprint density at radius 2 is 2.00 bits per heavy atom. The van der Waals surface area contributed by atoms with Crippen molar-refractivity contribution in [2.45, 2.75) is 6.92 Å². The first-order valence-corrected chi connectivity index (χ1v) is 8.78. The minimum absolute atomic E-state index is 0.00670. The second-order valence-corrected chi connectivity index (χ2v) is 6.40. The summed E-state index contributed by atoms with van der Waals surface area (Å²) >= 11 is 1.54. The van der Waals surface area contributed by atoms with Crippen molar-refractivity contribution in [1.29, 1.82) is 0 Å². The summed E-state index contributed by atoms with van der Waals surface area (Å²) in [6, 6.07) is 5.55. The molecule has 0 spiro atoms. The minimum atomic E-state index is -0.287. The standard InChI is InChI=1S/C17H20N2O4S/c1-3-23-17(21)19-8-6-18(7-9-19)14-11-24-15-5-4-12(22-2)10-13(15)16(14)20/h4-5,10-11H,3,6-9H2,1-2H3. The van der Waals surface area contributed by atoms with E-state index in [1.165, 1.54) is 0 Å². The Morgan fingerprint density at radius 1 is 1.25 bits per heavy atom. The molecule has 0 bridgehead atoms. The molecule has 2 heterocycles. The lowest BCUT2D eigenvalue weighted by Gasteiger charge is -2.35. The Kier molecular flexibility index (Phi) is 4.89. The van der Waals surface area contributed by atoms with E-state index >= 15 is 0 Å². The van der Waals surface area contributed by atoms with Crippen LogP contribution in [0.4, 0.5) is 10.5 Å². The van der Waals surface area contributed by atoms with Crippen molar-refractivity contribution in [2.24, 2.45) is 0 Å². The number of methoxy groups -OCH3 is 1. The SMILES string of the molecule is CCOC(=O)N1CCN(c2csc3ccc(OC)cc3c2=O)CC1. The summed E-state index contributed by atoms with van der Waals surface area (Å²) < 4.78 is 11.2. The van der Waals surface area contributed by atoms with Crippen LogP contribution in [0.2, 0.25) is 0 Å². The first-order chi connectivity index (χ1) is 11.6. The van der Waals surface area contributed by atoms with E-state index in [-0.39, 0.29) is 11.5 Å². The Bertz CT molecular complexity index is 797. The number of ether oxygens (including phenoxy) is 2. The summed E-state index contributed by atoms with van der Waals surface area (Å²) in [5.74, 6) is 0.677. The highest BCUT2D eigenvalue weighted by Gasteiger charge is 2.23. The number of nitrogens with zero attached hydrogens (tertiary/aromatic N) is 2. The van der Waals surface area contributed by atoms with Gasteiger partial charge >= 0.3 is 6.09 Å². The fourth-order valence-electron chi connectivity index (χ4n) is 2.79. The summed E-state index contributed by atoms with van der Waals surface area (Å²) in [5, 5.41) is 2.57. The van der Waals surface area contributed by atoms with Gasteiger partial charge in [-0.1, -0.05) is 0 Å². The zero-order valence-electron chi connectivity index (χ0n) is 13.8. The van der Waals surface area contributed by atoms with Crippen LogP contribution in [0.25, 0.3) is 10.1 Å². The van der Waals surface area contributed by atoms with Crippen LogP contribution in [0.15, 0.2) is 28.4 Å². The van der Waals surface area contributed by atoms with Gasteiger partial charge in [0, 0.05) is 41.6 Å². The molecule has 0 atom stereocenters. The van der Waals surface area contributed by atoms with Gasteiger partial charge in [0.1, 0.15) is 5.75 Å². The number of benzene rings is 1. The van der Waals surface area contributed by atoms with Crippen molar-refractivity contribution in [3.8, 4) is 5.75 Å². The van der Waals surface area contributed by atoms with Crippen molar-refractivity contribution in [2.75, 3.05) is 44.8 Å². The number of hydrogen-bond donors (Lipinski definition) is 0. The molecule has 0 aliphatic carbocycles. The van der Waals surface area contributed by atoms with Crippen LogP contribution in [-0.2, 0) is 4.74 Å². The van der Waals surface area contributed by atoms with Gasteiger partial charge in [-0.2, -0.15) is 0 Å². The lowest BCUT2D eigenvalue weighted by Crippen LogP contribution is -2.49. The van der Waals surface area contributed by atoms with Crippen LogP contribution in [0, 0.1) is 0 Å². The van der Waals surface area contributed by atoms with Crippen LogP contribution >= 0.6 is 11.3 Å². The molecular formula is C17H20N2O4S. The van der Waals surface area contributed by atoms with Crippen LogP contribution in [0.1, 0.15) is 6.92 Å². The quantitative estimate of drug-likeness (QED) is 0.853. The van der Waals surface area contributed by atoms with Gasteiger partial charge in [0.15, 0.2) is 0 Å². The van der Waals surface area contributed by atoms with Crippen molar-refractivity contribution in [1.82, 2.24) is 4.90 Å². The van der Waals surface area contributed by atoms with Crippen molar-refractivity contribution < 1.29 is 14.3 Å². The molecule has 2 aromatic rings. The van der Waals surface area contributed by atoms with Crippen molar-refractivity contribution >= 4 is 33.2 Å². The first kappa shape index (κ1) is 16.6. The molecule has 0 radical (unpaired) electrons. The predicted molar refractivity (Wildman–Crippen MR) is 95.5 cm³/mol. The van der Waals surface area contributed by atoms with Gasteiger partial charge in [-0.3, -0.25) is 4.79 Å². The molecule has 1 saturated heterocycles. The number of amides is 1. The largest absolute Gasteiger partial charge is 0.497 e. The molecule has 24 heavy (non-hydrogen) atoms. The summed E-state index contributed by atoms with van der Waals surface area (Å²) in [7, 11) is 1.59. The van der Waals surface area contributed by atoms with Crippen molar-refractivity contribution in [3.05, 3.63) is 33.8 Å². The van der Waals surface area contributed by atoms with Gasteiger partial charge in [0.05, 0.1) is 19.4 Å². The number of carbonyl (C=O) groups is 1. The first-order valence-electron chi connectivity index (χ1n) is 7.90. The van der Waals surface area contributed by atoms with Gasteiger partial charge in [-0.25, -0.2) is 4.79 Å². The Hall–Kier alpha value is -2.28. The monoisotopic (exact) mass is 348 g/mol. The Morgan fingerprint density at radius 3 is 2.67 bits per heavy atom. The van der Waals surface area contributed by atoms with E-state index in [2.05, 4.69) is 0 Å². The topological polar surface area (TPSA) is 59.1 Å². The molecule has 6 nitrogen and oxygen atoms in total. The lowest BCUT2D eigenvalue weighted by molar-refractivity contribution is 0.105. The van der Waals surface area contributed by atoms with Crippen LogP contribution in [0.3, 0.4) is 0 Å². The fourth-order valence-corrected chi connectivity index (χ4v) is 3.71. The molecule has 1 aliphatic heterocycles. The maximum atomic E-state index is 12.8. The number of piperazine rings is 1. The highest BCUT2D eigenvalue weighted by atomic mass is 32.1. The maximum Gasteiger partial charge on any atom is 0.409 e. The highest BCUT2D eigenvalue weighted by molar-refractivity contribution is 7.16. The number of carbonyl (C=O) groups excluding carboxylic acids is 1. The normalized spacial score (nSPS) is 14.8. The molecule has 1 aromatic carbocycles. The molecule has 7 heteroatoms. The summed E-state index contributed by atoms with van der Waals surface area (Å²) in [6.07, 6.45) is -0.287. The van der Waals surface area contributed by atoms with Crippen LogP contribution < -0.4 is 15.1 Å². The van der Waals surface area contributed by atoms with Gasteiger partial charge in [0.25, 0.3) is 0 Å². The molecule has 1 amide bonds. The second kappa shape index (κ2) is 7.09. The molecule has 0 saturated carbocycles. The van der Waals surface area contributed by atoms with Gasteiger partial charge in [-0.05, 0) is 25.1 Å². The molecule has 128 valence electrons. The van der Waals surface area contributed by atoms with Crippen LogP contribution in [-0.4, -0.2) is 50.9 Å². The maximum absolute atomic E-state index is 12.8. The van der Waals surface area contributed by atoms with Crippen LogP contribution in [0.5, 0.6) is 5.75 Å². The molecule has 1 aliphatic rings. The number of fused-ring (bicyclic) bond motifs is 1. The van der Waals surface area contributed by atoms with Gasteiger partial charge in [0.2, 0.25) is 5.43 Å². The van der Waals surface area contributed by atoms with E-state index in [1.807, 2.05) is 22.4 Å². The van der Waals surface area contributed by atoms with E-state index in [1.54, 1.807) is 36.3 Å². The van der Waals surface area contributed by atoms with Crippen molar-refractivity contribution in [3.63, 3.8) is 0 Å². The molecular weight excluding hydrogens is 328 g/mol. The lowest BCUT2D eigenvalue weighted by atomic mass is 10.2. The Labute approximate surface area is 144 Å². The number of anilines is 1. The third-order valence-corrected chi connectivity index (χ3v) is 5.06. The van der Waals surface area contributed by atoms with E-state index in [4.69, 9.17) is 9.47 Å². The fraction of sp³-hybridized carbons (Fsp3) is 0.412. The summed E-state index contributed by atoms with van der Waals surface area (Å²) in [4.78, 5) is 28.3. The molecule has 3 rings (SSSR count). The van der Waals surface area contributed by atoms with E-state index < -0.39 is 0 Å². The highest BCUT2D eigenvalue weighted by Crippen LogP contribution is 2.25. The second-order valence-electron chi connectivity index (χ2n) is 5.49. The van der Waals surface area contributed by atoms with E-state index in [9.17, 15) is 9.59 Å². The molecule has 0 N–H and O–H groups in total.